The lowest BCUT2D eigenvalue weighted by Crippen LogP contribution is -2.13. The Balaban J connectivity index is 2.49. The summed E-state index contributed by atoms with van der Waals surface area (Å²) in [6.45, 7) is 0. The molecule has 1 unspecified atom stereocenters. The molecule has 1 aliphatic carbocycles. The maximum absolute atomic E-state index is 10.9. The van der Waals surface area contributed by atoms with Gasteiger partial charge < -0.3 is 5.11 Å². The smallest absolute Gasteiger partial charge is 0.314 e. The van der Waals surface area contributed by atoms with E-state index in [1.807, 2.05) is 12.1 Å². The number of fused-ring (bicyclic) bond motifs is 1. The average Bonchev–Trinajstić information content (AvgIpc) is 2.16. The third-order valence-electron chi connectivity index (χ3n) is 2.37. The molecule has 0 saturated heterocycles. The summed E-state index contributed by atoms with van der Waals surface area (Å²) in [6.07, 6.45) is 4.36. The summed E-state index contributed by atoms with van der Waals surface area (Å²) >= 11 is 5.83. The van der Waals surface area contributed by atoms with Crippen LogP contribution in [0, 0.1) is 0 Å². The molecule has 1 aromatic rings. The molecule has 0 aliphatic heterocycles. The molecule has 2 nitrogen and oxygen atoms in total. The van der Waals surface area contributed by atoms with Crippen molar-refractivity contribution in [2.24, 2.45) is 0 Å². The summed E-state index contributed by atoms with van der Waals surface area (Å²) in [6, 6.07) is 5.35. The van der Waals surface area contributed by atoms with Crippen LogP contribution in [0.1, 0.15) is 17.0 Å². The van der Waals surface area contributed by atoms with Gasteiger partial charge in [0.05, 0.1) is 0 Å². The van der Waals surface area contributed by atoms with Crippen molar-refractivity contribution >= 4 is 17.6 Å². The van der Waals surface area contributed by atoms with Crippen LogP contribution in [0.2, 0.25) is 5.02 Å². The van der Waals surface area contributed by atoms with Crippen molar-refractivity contribution in [3.8, 4) is 0 Å². The van der Waals surface area contributed by atoms with Crippen LogP contribution in [0.5, 0.6) is 0 Å². The van der Waals surface area contributed by atoms with Crippen molar-refractivity contribution in [3.63, 3.8) is 0 Å². The van der Waals surface area contributed by atoms with E-state index in [0.717, 1.165) is 17.5 Å². The summed E-state index contributed by atoms with van der Waals surface area (Å²) < 4.78 is 0. The van der Waals surface area contributed by atoms with E-state index < -0.39 is 11.9 Å². The number of carbonyl (C=O) groups is 1. The Hall–Kier alpha value is -1.28. The van der Waals surface area contributed by atoms with Crippen molar-refractivity contribution in [2.45, 2.75) is 12.3 Å². The molecule has 1 atom stereocenters. The quantitative estimate of drug-likeness (QED) is 0.721. The van der Waals surface area contributed by atoms with Crippen LogP contribution < -0.4 is 0 Å². The lowest BCUT2D eigenvalue weighted by molar-refractivity contribution is -0.137. The minimum absolute atomic E-state index is 0.518. The van der Waals surface area contributed by atoms with Gasteiger partial charge in [-0.3, -0.25) is 4.79 Å². The highest BCUT2D eigenvalue weighted by molar-refractivity contribution is 6.30. The van der Waals surface area contributed by atoms with E-state index in [4.69, 9.17) is 16.7 Å². The van der Waals surface area contributed by atoms with E-state index in [0.29, 0.717) is 5.02 Å². The number of carboxylic acid groups (broad SMARTS) is 1. The summed E-state index contributed by atoms with van der Waals surface area (Å²) in [5.74, 6) is -1.33. The van der Waals surface area contributed by atoms with E-state index in [2.05, 4.69) is 0 Å². The molecule has 0 bridgehead atoms. The Kier molecular flexibility index (Phi) is 2.30. The topological polar surface area (TPSA) is 37.3 Å². The normalized spacial score (nSPS) is 19.1. The zero-order valence-corrected chi connectivity index (χ0v) is 8.16. The van der Waals surface area contributed by atoms with Gasteiger partial charge in [-0.15, -0.1) is 0 Å². The van der Waals surface area contributed by atoms with Crippen molar-refractivity contribution in [1.29, 1.82) is 0 Å². The third kappa shape index (κ3) is 1.53. The molecular formula is C11H9ClO2. The number of rotatable bonds is 1. The van der Waals surface area contributed by atoms with Gasteiger partial charge in [-0.1, -0.05) is 29.8 Å². The second kappa shape index (κ2) is 3.46. The SMILES string of the molecule is O=C(O)C1C=CCc2cc(Cl)ccc21. The van der Waals surface area contributed by atoms with Gasteiger partial charge in [0.25, 0.3) is 0 Å². The van der Waals surface area contributed by atoms with E-state index >= 15 is 0 Å². The predicted molar refractivity (Wildman–Crippen MR) is 54.7 cm³/mol. The predicted octanol–water partition coefficient (Wildman–Crippen LogP) is 2.62. The number of halogens is 1. The van der Waals surface area contributed by atoms with Crippen molar-refractivity contribution in [2.75, 3.05) is 0 Å². The van der Waals surface area contributed by atoms with Crippen LogP contribution in [0.4, 0.5) is 0 Å². The van der Waals surface area contributed by atoms with Crippen LogP contribution in [0.25, 0.3) is 0 Å². The largest absolute Gasteiger partial charge is 0.481 e. The monoisotopic (exact) mass is 208 g/mol. The van der Waals surface area contributed by atoms with Crippen LogP contribution in [-0.2, 0) is 11.2 Å². The second-order valence-electron chi connectivity index (χ2n) is 3.29. The molecule has 14 heavy (non-hydrogen) atoms. The number of aliphatic carboxylic acids is 1. The maximum Gasteiger partial charge on any atom is 0.314 e. The summed E-state index contributed by atoms with van der Waals surface area (Å²) in [5, 5.41) is 9.63. The molecule has 0 aromatic heterocycles. The molecule has 3 heteroatoms. The fraction of sp³-hybridized carbons (Fsp3) is 0.182. The summed E-state index contributed by atoms with van der Waals surface area (Å²) in [7, 11) is 0. The lowest BCUT2D eigenvalue weighted by Gasteiger charge is -2.17. The molecule has 1 N–H and O–H groups in total. The second-order valence-corrected chi connectivity index (χ2v) is 3.73. The molecule has 0 amide bonds. The van der Waals surface area contributed by atoms with Gasteiger partial charge in [0.2, 0.25) is 0 Å². The summed E-state index contributed by atoms with van der Waals surface area (Å²) in [4.78, 5) is 10.9. The molecule has 1 aliphatic rings. The Morgan fingerprint density at radius 3 is 3.00 bits per heavy atom. The highest BCUT2D eigenvalue weighted by Gasteiger charge is 2.22. The first-order valence-electron chi connectivity index (χ1n) is 4.36. The van der Waals surface area contributed by atoms with Gasteiger partial charge in [0, 0.05) is 5.02 Å². The number of benzene rings is 1. The molecule has 72 valence electrons. The fourth-order valence-corrected chi connectivity index (χ4v) is 1.90. The first-order chi connectivity index (χ1) is 6.68. The first kappa shape index (κ1) is 9.28. The number of hydrogen-bond acceptors (Lipinski definition) is 1. The number of hydrogen-bond donors (Lipinski definition) is 1. The molecule has 0 radical (unpaired) electrons. The van der Waals surface area contributed by atoms with E-state index in [9.17, 15) is 4.79 Å². The van der Waals surface area contributed by atoms with Crippen LogP contribution in [-0.4, -0.2) is 11.1 Å². The average molecular weight is 209 g/mol. The van der Waals surface area contributed by atoms with Crippen molar-refractivity contribution in [3.05, 3.63) is 46.5 Å². The molecular weight excluding hydrogens is 200 g/mol. The van der Waals surface area contributed by atoms with Gasteiger partial charge >= 0.3 is 5.97 Å². The number of carboxylic acids is 1. The minimum atomic E-state index is -0.815. The van der Waals surface area contributed by atoms with E-state index in [-0.39, 0.29) is 0 Å². The van der Waals surface area contributed by atoms with Gasteiger partial charge in [0.1, 0.15) is 5.92 Å². The van der Waals surface area contributed by atoms with E-state index in [1.54, 1.807) is 18.2 Å². The molecule has 0 spiro atoms. The van der Waals surface area contributed by atoms with Gasteiger partial charge in [-0.25, -0.2) is 0 Å². The lowest BCUT2D eigenvalue weighted by atomic mass is 9.88. The molecule has 1 aromatic carbocycles. The fourth-order valence-electron chi connectivity index (χ4n) is 1.70. The third-order valence-corrected chi connectivity index (χ3v) is 2.61. The molecule has 0 fully saturated rings. The Labute approximate surface area is 86.8 Å². The molecule has 0 saturated carbocycles. The zero-order chi connectivity index (χ0) is 10.1. The van der Waals surface area contributed by atoms with Crippen molar-refractivity contribution < 1.29 is 9.90 Å². The maximum atomic E-state index is 10.9. The van der Waals surface area contributed by atoms with Crippen LogP contribution in [0.15, 0.2) is 30.4 Å². The highest BCUT2D eigenvalue weighted by Crippen LogP contribution is 2.29. The van der Waals surface area contributed by atoms with E-state index in [1.165, 1.54) is 0 Å². The highest BCUT2D eigenvalue weighted by atomic mass is 35.5. The van der Waals surface area contributed by atoms with Gasteiger partial charge in [-0.05, 0) is 29.7 Å². The molecule has 0 heterocycles. The van der Waals surface area contributed by atoms with Gasteiger partial charge in [0.15, 0.2) is 0 Å². The van der Waals surface area contributed by atoms with Crippen molar-refractivity contribution in [1.82, 2.24) is 0 Å². The van der Waals surface area contributed by atoms with Crippen LogP contribution >= 0.6 is 11.6 Å². The number of allylic oxidation sites excluding steroid dienone is 1. The zero-order valence-electron chi connectivity index (χ0n) is 7.40. The first-order valence-corrected chi connectivity index (χ1v) is 4.74. The van der Waals surface area contributed by atoms with Crippen LogP contribution in [0.3, 0.4) is 0 Å². The summed E-state index contributed by atoms with van der Waals surface area (Å²) in [5.41, 5.74) is 1.86. The minimum Gasteiger partial charge on any atom is -0.481 e. The Morgan fingerprint density at radius 2 is 2.29 bits per heavy atom. The molecule has 2 rings (SSSR count). The standard InChI is InChI=1S/C11H9ClO2/c12-8-4-5-9-7(6-8)2-1-3-10(9)11(13)14/h1,3-6,10H,2H2,(H,13,14). The van der Waals surface area contributed by atoms with Gasteiger partial charge in [-0.2, -0.15) is 0 Å². The Morgan fingerprint density at radius 1 is 1.50 bits per heavy atom. The Bertz CT molecular complexity index is 410.